The molecule has 5 nitrogen and oxygen atoms in total. The minimum Gasteiger partial charge on any atom is -0.377 e. The van der Waals surface area contributed by atoms with Gasteiger partial charge in [0.25, 0.3) is 11.8 Å². The monoisotopic (exact) mass is 330 g/mol. The van der Waals surface area contributed by atoms with Crippen LogP contribution in [0.1, 0.15) is 5.56 Å². The molecule has 6 heteroatoms. The number of ether oxygens (including phenoxy) is 1. The molecule has 1 aromatic rings. The van der Waals surface area contributed by atoms with Crippen LogP contribution in [0.4, 0.5) is 0 Å². The summed E-state index contributed by atoms with van der Waals surface area (Å²) in [7, 11) is 0. The topological polar surface area (TPSA) is 58.6 Å². The molecule has 0 spiro atoms. The van der Waals surface area contributed by atoms with Gasteiger partial charge in [-0.05, 0) is 30.3 Å². The van der Waals surface area contributed by atoms with Gasteiger partial charge in [0.2, 0.25) is 0 Å². The first-order chi connectivity index (χ1) is 11.1. The van der Waals surface area contributed by atoms with Crippen LogP contribution in [0.3, 0.4) is 0 Å². The van der Waals surface area contributed by atoms with Crippen LogP contribution >= 0.6 is 12.2 Å². The normalized spacial score (nSPS) is 16.6. The van der Waals surface area contributed by atoms with Crippen molar-refractivity contribution in [2.75, 3.05) is 19.8 Å². The van der Waals surface area contributed by atoms with Crippen molar-refractivity contribution in [1.82, 2.24) is 10.2 Å². The molecule has 0 atom stereocenters. The summed E-state index contributed by atoms with van der Waals surface area (Å²) in [6.45, 7) is 4.53. The number of rotatable bonds is 7. The largest absolute Gasteiger partial charge is 0.377 e. The van der Waals surface area contributed by atoms with Crippen molar-refractivity contribution in [1.29, 1.82) is 0 Å². The van der Waals surface area contributed by atoms with Crippen LogP contribution in [0.5, 0.6) is 0 Å². The predicted molar refractivity (Wildman–Crippen MR) is 91.7 cm³/mol. The quantitative estimate of drug-likeness (QED) is 0.271. The van der Waals surface area contributed by atoms with Crippen molar-refractivity contribution in [3.8, 4) is 0 Å². The molecule has 1 N–H and O–H groups in total. The molecule has 0 aromatic heterocycles. The lowest BCUT2D eigenvalue weighted by Gasteiger charge is -2.27. The Morgan fingerprint density at radius 1 is 1.26 bits per heavy atom. The van der Waals surface area contributed by atoms with E-state index < -0.39 is 11.8 Å². The van der Waals surface area contributed by atoms with Crippen LogP contribution < -0.4 is 5.32 Å². The molecule has 0 aliphatic carbocycles. The summed E-state index contributed by atoms with van der Waals surface area (Å²) in [5.41, 5.74) is 1.22. The molecular formula is C17H18N2O3S. The second-order valence-electron chi connectivity index (χ2n) is 4.89. The number of hydrogen-bond donors (Lipinski definition) is 1. The zero-order valence-electron chi connectivity index (χ0n) is 12.7. The minimum atomic E-state index is -0.494. The predicted octanol–water partition coefficient (Wildman–Crippen LogP) is 1.60. The highest BCUT2D eigenvalue weighted by molar-refractivity contribution is 7.80. The Labute approximate surface area is 140 Å². The van der Waals surface area contributed by atoms with Crippen molar-refractivity contribution in [3.05, 3.63) is 60.2 Å². The summed E-state index contributed by atoms with van der Waals surface area (Å²) in [5, 5.41) is 2.59. The van der Waals surface area contributed by atoms with Gasteiger partial charge in [0, 0.05) is 6.54 Å². The number of carbonyl (C=O) groups is 2. The van der Waals surface area contributed by atoms with Gasteiger partial charge in [-0.2, -0.15) is 0 Å². The average Bonchev–Trinajstić information content (AvgIpc) is 2.55. The maximum Gasteiger partial charge on any atom is 0.265 e. The SMILES string of the molecule is C=CCN1C(=O)/C(=C/COCCc2ccccc2)C(=O)NC1=S. The molecule has 0 radical (unpaired) electrons. The lowest BCUT2D eigenvalue weighted by atomic mass is 10.1. The summed E-state index contributed by atoms with van der Waals surface area (Å²) in [4.78, 5) is 25.4. The van der Waals surface area contributed by atoms with Gasteiger partial charge in [-0.25, -0.2) is 0 Å². The highest BCUT2D eigenvalue weighted by Crippen LogP contribution is 2.10. The second-order valence-corrected chi connectivity index (χ2v) is 5.28. The van der Waals surface area contributed by atoms with Gasteiger partial charge in [-0.3, -0.25) is 19.8 Å². The van der Waals surface area contributed by atoms with E-state index in [2.05, 4.69) is 11.9 Å². The Kier molecular flexibility index (Phi) is 6.19. The number of carbonyl (C=O) groups excluding carboxylic acids is 2. The van der Waals surface area contributed by atoms with Gasteiger partial charge >= 0.3 is 0 Å². The third-order valence-corrected chi connectivity index (χ3v) is 3.60. The fourth-order valence-electron chi connectivity index (χ4n) is 2.10. The molecule has 120 valence electrons. The van der Waals surface area contributed by atoms with E-state index in [1.54, 1.807) is 6.08 Å². The fraction of sp³-hybridized carbons (Fsp3) is 0.235. The first-order valence-electron chi connectivity index (χ1n) is 7.23. The Morgan fingerprint density at radius 3 is 2.70 bits per heavy atom. The Hall–Kier alpha value is -2.31. The van der Waals surface area contributed by atoms with Crippen LogP contribution in [0.25, 0.3) is 0 Å². The van der Waals surface area contributed by atoms with Crippen LogP contribution in [-0.2, 0) is 20.7 Å². The molecule has 1 aliphatic rings. The third kappa shape index (κ3) is 4.58. The van der Waals surface area contributed by atoms with E-state index in [1.807, 2.05) is 30.3 Å². The third-order valence-electron chi connectivity index (χ3n) is 3.28. The molecule has 0 unspecified atom stereocenters. The molecule has 1 heterocycles. The lowest BCUT2D eigenvalue weighted by Crippen LogP contribution is -2.54. The number of amides is 2. The molecule has 0 saturated carbocycles. The minimum absolute atomic E-state index is 0.0418. The molecule has 1 aromatic carbocycles. The van der Waals surface area contributed by atoms with Gasteiger partial charge in [0.05, 0.1) is 13.2 Å². The van der Waals surface area contributed by atoms with Crippen LogP contribution in [0, 0.1) is 0 Å². The average molecular weight is 330 g/mol. The summed E-state index contributed by atoms with van der Waals surface area (Å²) in [6.07, 6.45) is 3.81. The number of hydrogen-bond acceptors (Lipinski definition) is 4. The second kappa shape index (κ2) is 8.36. The highest BCUT2D eigenvalue weighted by Gasteiger charge is 2.32. The standard InChI is InChI=1S/C17H18N2O3S/c1-2-10-19-16(21)14(15(20)18-17(19)23)9-12-22-11-8-13-6-4-3-5-7-13/h2-7,9H,1,8,10-12H2,(H,18,20,23)/b14-9+. The van der Waals surface area contributed by atoms with E-state index >= 15 is 0 Å². The fourth-order valence-corrected chi connectivity index (χ4v) is 2.35. The first-order valence-corrected chi connectivity index (χ1v) is 7.64. The zero-order valence-corrected chi connectivity index (χ0v) is 13.5. The molecule has 1 fully saturated rings. The van der Waals surface area contributed by atoms with Gasteiger partial charge in [-0.1, -0.05) is 36.4 Å². The summed E-state index contributed by atoms with van der Waals surface area (Å²) in [5.74, 6) is -0.919. The zero-order chi connectivity index (χ0) is 16.7. The molecule has 1 aliphatic heterocycles. The first kappa shape index (κ1) is 17.1. The number of nitrogens with one attached hydrogen (secondary N) is 1. The molecule has 0 bridgehead atoms. The molecular weight excluding hydrogens is 312 g/mol. The van der Waals surface area contributed by atoms with Crippen LogP contribution in [-0.4, -0.2) is 41.6 Å². The summed E-state index contributed by atoms with van der Waals surface area (Å²) < 4.78 is 5.48. The van der Waals surface area contributed by atoms with E-state index in [0.717, 1.165) is 6.42 Å². The van der Waals surface area contributed by atoms with E-state index in [4.69, 9.17) is 17.0 Å². The number of thiocarbonyl (C=S) groups is 1. The Bertz CT molecular complexity index is 640. The van der Waals surface area contributed by atoms with Crippen molar-refractivity contribution in [2.45, 2.75) is 6.42 Å². The summed E-state index contributed by atoms with van der Waals surface area (Å²) >= 11 is 4.97. The van der Waals surface area contributed by atoms with Crippen molar-refractivity contribution in [2.24, 2.45) is 0 Å². The van der Waals surface area contributed by atoms with Crippen molar-refractivity contribution in [3.63, 3.8) is 0 Å². The van der Waals surface area contributed by atoms with Crippen LogP contribution in [0.15, 0.2) is 54.6 Å². The molecule has 2 amide bonds. The number of nitrogens with zero attached hydrogens (tertiary/aromatic N) is 1. The van der Waals surface area contributed by atoms with Gasteiger partial charge < -0.3 is 4.74 Å². The van der Waals surface area contributed by atoms with Crippen molar-refractivity contribution < 1.29 is 14.3 Å². The van der Waals surface area contributed by atoms with Gasteiger partial charge in [0.15, 0.2) is 5.11 Å². The lowest BCUT2D eigenvalue weighted by molar-refractivity contribution is -0.128. The smallest absolute Gasteiger partial charge is 0.265 e. The summed E-state index contributed by atoms with van der Waals surface area (Å²) in [6, 6.07) is 9.95. The van der Waals surface area contributed by atoms with Gasteiger partial charge in [-0.15, -0.1) is 6.58 Å². The highest BCUT2D eigenvalue weighted by atomic mass is 32.1. The molecule has 2 rings (SSSR count). The maximum absolute atomic E-state index is 12.2. The Morgan fingerprint density at radius 2 is 2.00 bits per heavy atom. The van der Waals surface area contributed by atoms with Gasteiger partial charge in [0.1, 0.15) is 5.57 Å². The van der Waals surface area contributed by atoms with E-state index in [0.29, 0.717) is 6.61 Å². The van der Waals surface area contributed by atoms with E-state index in [1.165, 1.54) is 16.5 Å². The Balaban J connectivity index is 1.87. The maximum atomic E-state index is 12.2. The molecule has 1 saturated heterocycles. The van der Waals surface area contributed by atoms with E-state index in [9.17, 15) is 9.59 Å². The number of benzene rings is 1. The van der Waals surface area contributed by atoms with Crippen LogP contribution in [0.2, 0.25) is 0 Å². The molecule has 23 heavy (non-hydrogen) atoms. The van der Waals surface area contributed by atoms with Crippen molar-refractivity contribution >= 4 is 29.1 Å². The van der Waals surface area contributed by atoms with E-state index in [-0.39, 0.29) is 23.8 Å².